The molecule has 1 aliphatic heterocycles. The molecule has 1 saturated heterocycles. The SMILES string of the molecule is O=C(CCSc1ccccc1Cl)NC1CCN(C(=O)c2ccoc2)CC1. The number of carbonyl (C=O) groups excluding carboxylic acids is 2. The van der Waals surface area contributed by atoms with E-state index in [0.717, 1.165) is 17.7 Å². The van der Waals surface area contributed by atoms with Crippen LogP contribution in [0.25, 0.3) is 0 Å². The molecule has 0 radical (unpaired) electrons. The minimum absolute atomic E-state index is 0.0142. The Morgan fingerprint density at radius 3 is 2.69 bits per heavy atom. The van der Waals surface area contributed by atoms with Crippen LogP contribution in [0.4, 0.5) is 0 Å². The van der Waals surface area contributed by atoms with Gasteiger partial charge in [0.15, 0.2) is 0 Å². The summed E-state index contributed by atoms with van der Waals surface area (Å²) in [7, 11) is 0. The molecule has 2 heterocycles. The molecule has 0 bridgehead atoms. The van der Waals surface area contributed by atoms with E-state index in [4.69, 9.17) is 16.0 Å². The van der Waals surface area contributed by atoms with Crippen molar-refractivity contribution in [1.82, 2.24) is 10.2 Å². The van der Waals surface area contributed by atoms with E-state index in [2.05, 4.69) is 5.32 Å². The first-order valence-electron chi connectivity index (χ1n) is 8.61. The fraction of sp³-hybridized carbons (Fsp3) is 0.368. The first kappa shape index (κ1) is 18.9. The number of halogens is 1. The van der Waals surface area contributed by atoms with E-state index in [1.54, 1.807) is 22.7 Å². The van der Waals surface area contributed by atoms with Crippen LogP contribution in [0.1, 0.15) is 29.6 Å². The van der Waals surface area contributed by atoms with Gasteiger partial charge in [-0.15, -0.1) is 11.8 Å². The Balaban J connectivity index is 1.37. The van der Waals surface area contributed by atoms with Crippen molar-refractivity contribution < 1.29 is 14.0 Å². The fourth-order valence-electron chi connectivity index (χ4n) is 2.91. The van der Waals surface area contributed by atoms with Crippen molar-refractivity contribution in [3.63, 3.8) is 0 Å². The van der Waals surface area contributed by atoms with Crippen LogP contribution in [0, 0.1) is 0 Å². The summed E-state index contributed by atoms with van der Waals surface area (Å²) < 4.78 is 4.96. The zero-order valence-electron chi connectivity index (χ0n) is 14.3. The van der Waals surface area contributed by atoms with Gasteiger partial charge in [-0.2, -0.15) is 0 Å². The Kier molecular flexibility index (Phi) is 6.63. The molecule has 26 heavy (non-hydrogen) atoms. The number of nitrogens with one attached hydrogen (secondary N) is 1. The van der Waals surface area contributed by atoms with Gasteiger partial charge in [-0.05, 0) is 31.0 Å². The molecule has 2 aromatic rings. The van der Waals surface area contributed by atoms with Crippen molar-refractivity contribution in [2.75, 3.05) is 18.8 Å². The van der Waals surface area contributed by atoms with Crippen LogP contribution >= 0.6 is 23.4 Å². The lowest BCUT2D eigenvalue weighted by Crippen LogP contribution is -2.46. The van der Waals surface area contributed by atoms with Gasteiger partial charge in [0.05, 0.1) is 16.8 Å². The van der Waals surface area contributed by atoms with Crippen molar-refractivity contribution in [3.05, 3.63) is 53.4 Å². The Morgan fingerprint density at radius 2 is 2.00 bits per heavy atom. The quantitative estimate of drug-likeness (QED) is 0.759. The zero-order chi connectivity index (χ0) is 18.4. The molecule has 1 N–H and O–H groups in total. The van der Waals surface area contributed by atoms with Crippen LogP contribution in [0.2, 0.25) is 5.02 Å². The Labute approximate surface area is 162 Å². The number of amides is 2. The highest BCUT2D eigenvalue weighted by Crippen LogP contribution is 2.26. The number of nitrogens with zero attached hydrogens (tertiary/aromatic N) is 1. The van der Waals surface area contributed by atoms with E-state index in [1.807, 2.05) is 24.3 Å². The van der Waals surface area contributed by atoms with Crippen LogP contribution in [0.3, 0.4) is 0 Å². The Bertz CT molecular complexity index is 743. The largest absolute Gasteiger partial charge is 0.472 e. The van der Waals surface area contributed by atoms with Crippen LogP contribution in [0.15, 0.2) is 52.2 Å². The summed E-state index contributed by atoms with van der Waals surface area (Å²) in [6.45, 7) is 1.28. The summed E-state index contributed by atoms with van der Waals surface area (Å²) in [4.78, 5) is 27.2. The summed E-state index contributed by atoms with van der Waals surface area (Å²) in [6.07, 6.45) is 4.96. The van der Waals surface area contributed by atoms with Gasteiger partial charge in [0.25, 0.3) is 5.91 Å². The molecular formula is C19H21ClN2O3S. The molecule has 0 spiro atoms. The molecule has 0 atom stereocenters. The maximum atomic E-state index is 12.3. The minimum atomic E-state index is -0.0142. The Morgan fingerprint density at radius 1 is 1.23 bits per heavy atom. The molecule has 3 rings (SSSR count). The molecule has 1 aromatic heterocycles. The second kappa shape index (κ2) is 9.14. The van der Waals surface area contributed by atoms with Crippen molar-refractivity contribution in [2.24, 2.45) is 0 Å². The third-order valence-electron chi connectivity index (χ3n) is 4.34. The molecule has 0 saturated carbocycles. The van der Waals surface area contributed by atoms with Crippen LogP contribution in [0.5, 0.6) is 0 Å². The molecule has 1 fully saturated rings. The highest BCUT2D eigenvalue weighted by atomic mass is 35.5. The van der Waals surface area contributed by atoms with Gasteiger partial charge in [0.2, 0.25) is 5.91 Å². The predicted octanol–water partition coefficient (Wildman–Crippen LogP) is 3.84. The second-order valence-corrected chi connectivity index (χ2v) is 7.72. The number of benzene rings is 1. The number of hydrogen-bond donors (Lipinski definition) is 1. The van der Waals surface area contributed by atoms with Crippen molar-refractivity contribution in [1.29, 1.82) is 0 Å². The third-order valence-corrected chi connectivity index (χ3v) is 5.86. The fourth-order valence-corrected chi connectivity index (χ4v) is 4.10. The summed E-state index contributed by atoms with van der Waals surface area (Å²) >= 11 is 7.70. The standard InChI is InChI=1S/C19H21ClN2O3S/c20-16-3-1-2-4-17(16)26-12-8-18(23)21-15-5-9-22(10-6-15)19(24)14-7-11-25-13-14/h1-4,7,11,13,15H,5-6,8-10,12H2,(H,21,23). The van der Waals surface area contributed by atoms with Gasteiger partial charge >= 0.3 is 0 Å². The van der Waals surface area contributed by atoms with E-state index in [-0.39, 0.29) is 17.9 Å². The van der Waals surface area contributed by atoms with Gasteiger partial charge in [-0.1, -0.05) is 23.7 Å². The summed E-state index contributed by atoms with van der Waals surface area (Å²) in [5.74, 6) is 0.719. The molecule has 0 unspecified atom stereocenters. The van der Waals surface area contributed by atoms with Crippen LogP contribution < -0.4 is 5.32 Å². The molecule has 138 valence electrons. The van der Waals surface area contributed by atoms with E-state index in [1.165, 1.54) is 12.5 Å². The predicted molar refractivity (Wildman–Crippen MR) is 103 cm³/mol. The number of furan rings is 1. The highest BCUT2D eigenvalue weighted by molar-refractivity contribution is 7.99. The van der Waals surface area contributed by atoms with Crippen molar-refractivity contribution in [2.45, 2.75) is 30.2 Å². The first-order valence-corrected chi connectivity index (χ1v) is 9.98. The van der Waals surface area contributed by atoms with Gasteiger partial charge in [0, 0.05) is 36.2 Å². The van der Waals surface area contributed by atoms with E-state index < -0.39 is 0 Å². The van der Waals surface area contributed by atoms with Gasteiger partial charge in [-0.3, -0.25) is 9.59 Å². The topological polar surface area (TPSA) is 62.6 Å². The lowest BCUT2D eigenvalue weighted by Gasteiger charge is -2.32. The van der Waals surface area contributed by atoms with Crippen molar-refractivity contribution in [3.8, 4) is 0 Å². The van der Waals surface area contributed by atoms with Gasteiger partial charge in [0.1, 0.15) is 6.26 Å². The van der Waals surface area contributed by atoms with Crippen LogP contribution in [-0.4, -0.2) is 41.6 Å². The number of thioether (sulfide) groups is 1. The molecule has 0 aliphatic carbocycles. The van der Waals surface area contributed by atoms with Crippen LogP contribution in [-0.2, 0) is 4.79 Å². The van der Waals surface area contributed by atoms with Gasteiger partial charge < -0.3 is 14.6 Å². The van der Waals surface area contributed by atoms with E-state index in [0.29, 0.717) is 35.8 Å². The maximum Gasteiger partial charge on any atom is 0.257 e. The number of carbonyl (C=O) groups is 2. The summed E-state index contributed by atoms with van der Waals surface area (Å²) in [6, 6.07) is 9.43. The second-order valence-electron chi connectivity index (χ2n) is 6.17. The average molecular weight is 393 g/mol. The summed E-state index contributed by atoms with van der Waals surface area (Å²) in [5, 5.41) is 3.79. The van der Waals surface area contributed by atoms with E-state index >= 15 is 0 Å². The number of rotatable bonds is 6. The average Bonchev–Trinajstić information content (AvgIpc) is 3.18. The summed E-state index contributed by atoms with van der Waals surface area (Å²) in [5.41, 5.74) is 0.573. The highest BCUT2D eigenvalue weighted by Gasteiger charge is 2.24. The molecule has 7 heteroatoms. The smallest absolute Gasteiger partial charge is 0.257 e. The molecule has 1 aromatic carbocycles. The third kappa shape index (κ3) is 5.05. The number of hydrogen-bond acceptors (Lipinski definition) is 4. The minimum Gasteiger partial charge on any atom is -0.472 e. The lowest BCUT2D eigenvalue weighted by atomic mass is 10.0. The van der Waals surface area contributed by atoms with E-state index in [9.17, 15) is 9.59 Å². The van der Waals surface area contributed by atoms with Crippen molar-refractivity contribution >= 4 is 35.2 Å². The Hall–Kier alpha value is -1.92. The maximum absolute atomic E-state index is 12.3. The zero-order valence-corrected chi connectivity index (χ0v) is 15.9. The number of likely N-dealkylation sites (tertiary alicyclic amines) is 1. The first-order chi connectivity index (χ1) is 12.6. The van der Waals surface area contributed by atoms with Gasteiger partial charge in [-0.25, -0.2) is 0 Å². The monoisotopic (exact) mass is 392 g/mol. The molecule has 5 nitrogen and oxygen atoms in total. The lowest BCUT2D eigenvalue weighted by molar-refractivity contribution is -0.121. The number of piperidine rings is 1. The molecular weight excluding hydrogens is 372 g/mol. The molecule has 2 amide bonds. The normalized spacial score (nSPS) is 15.0. The molecule has 1 aliphatic rings.